The predicted octanol–water partition coefficient (Wildman–Crippen LogP) is 2.77. The lowest BCUT2D eigenvalue weighted by molar-refractivity contribution is 0.134. The number of fused-ring (bicyclic) bond motifs is 1. The average Bonchev–Trinajstić information content (AvgIpc) is 2.65. The van der Waals surface area contributed by atoms with Gasteiger partial charge in [-0.05, 0) is 35.3 Å². The normalized spacial score (nSPS) is 15.4. The van der Waals surface area contributed by atoms with Crippen LogP contribution >= 0.6 is 0 Å². The van der Waals surface area contributed by atoms with Crippen LogP contribution in [-0.4, -0.2) is 6.21 Å². The molecule has 1 heterocycles. The van der Waals surface area contributed by atoms with E-state index in [9.17, 15) is 0 Å². The molecule has 1 N–H and O–H groups in total. The maximum absolute atomic E-state index is 7.05. The van der Waals surface area contributed by atoms with Crippen LogP contribution in [0.25, 0.3) is 5.57 Å². The van der Waals surface area contributed by atoms with Crippen molar-refractivity contribution in [2.45, 2.75) is 20.1 Å². The number of rotatable bonds is 2. The lowest BCUT2D eigenvalue weighted by atomic mass is 9.98. The van der Waals surface area contributed by atoms with Crippen LogP contribution in [0.1, 0.15) is 23.6 Å². The van der Waals surface area contributed by atoms with Crippen LogP contribution in [0.5, 0.6) is 0 Å². The Hall–Kier alpha value is -1.41. The average molecular weight is 187 g/mol. The van der Waals surface area contributed by atoms with E-state index in [0.717, 1.165) is 12.2 Å². The van der Waals surface area contributed by atoms with E-state index in [1.807, 2.05) is 19.1 Å². The molecule has 0 saturated carbocycles. The van der Waals surface area contributed by atoms with Crippen molar-refractivity contribution in [3.8, 4) is 0 Å². The number of nitrogens with one attached hydrogen (secondary N) is 1. The molecule has 1 aliphatic heterocycles. The first kappa shape index (κ1) is 9.16. The molecular formula is C12H13NO. The SMILES string of the molecule is C/C(=C\C=N)c1cccc2c1COC2. The summed E-state index contributed by atoms with van der Waals surface area (Å²) in [5, 5.41) is 7.05. The zero-order chi connectivity index (χ0) is 9.97. The standard InChI is InChI=1S/C12H13NO/c1-9(5-6-13)11-4-2-3-10-7-14-8-12(10)11/h2-6,13H,7-8H2,1H3/b9-5+,13-6?. The van der Waals surface area contributed by atoms with E-state index in [0.29, 0.717) is 6.61 Å². The molecule has 1 aromatic rings. The van der Waals surface area contributed by atoms with E-state index in [1.165, 1.54) is 22.9 Å². The Morgan fingerprint density at radius 2 is 2.29 bits per heavy atom. The van der Waals surface area contributed by atoms with Crippen molar-refractivity contribution in [1.82, 2.24) is 0 Å². The fraction of sp³-hybridized carbons (Fsp3) is 0.250. The third-order valence-corrected chi connectivity index (χ3v) is 2.54. The van der Waals surface area contributed by atoms with E-state index < -0.39 is 0 Å². The van der Waals surface area contributed by atoms with Crippen LogP contribution in [0.4, 0.5) is 0 Å². The second-order valence-electron chi connectivity index (χ2n) is 3.45. The molecule has 1 aromatic carbocycles. The molecule has 0 bridgehead atoms. The second kappa shape index (κ2) is 3.76. The van der Waals surface area contributed by atoms with Gasteiger partial charge in [0.25, 0.3) is 0 Å². The molecule has 0 saturated heterocycles. The predicted molar refractivity (Wildman–Crippen MR) is 57.4 cm³/mol. The van der Waals surface area contributed by atoms with Gasteiger partial charge in [0, 0.05) is 6.21 Å². The monoisotopic (exact) mass is 187 g/mol. The highest BCUT2D eigenvalue weighted by Crippen LogP contribution is 2.27. The second-order valence-corrected chi connectivity index (χ2v) is 3.45. The van der Waals surface area contributed by atoms with Gasteiger partial charge in [-0.25, -0.2) is 0 Å². The van der Waals surface area contributed by atoms with E-state index >= 15 is 0 Å². The Bertz CT molecular complexity index is 393. The summed E-state index contributed by atoms with van der Waals surface area (Å²) < 4.78 is 5.40. The molecule has 72 valence electrons. The highest BCUT2D eigenvalue weighted by Gasteiger charge is 2.14. The highest BCUT2D eigenvalue weighted by atomic mass is 16.5. The minimum Gasteiger partial charge on any atom is -0.372 e. The summed E-state index contributed by atoms with van der Waals surface area (Å²) in [7, 11) is 0. The maximum Gasteiger partial charge on any atom is 0.0730 e. The van der Waals surface area contributed by atoms with Gasteiger partial charge in [0.05, 0.1) is 13.2 Å². The number of hydrogen-bond donors (Lipinski definition) is 1. The number of hydrogen-bond acceptors (Lipinski definition) is 2. The Labute approximate surface area is 83.7 Å². The molecule has 0 radical (unpaired) electrons. The third kappa shape index (κ3) is 1.49. The van der Waals surface area contributed by atoms with Crippen molar-refractivity contribution in [2.75, 3.05) is 0 Å². The van der Waals surface area contributed by atoms with Crippen molar-refractivity contribution in [2.24, 2.45) is 0 Å². The third-order valence-electron chi connectivity index (χ3n) is 2.54. The fourth-order valence-electron chi connectivity index (χ4n) is 1.79. The Kier molecular flexibility index (Phi) is 2.46. The van der Waals surface area contributed by atoms with Crippen LogP contribution in [0.3, 0.4) is 0 Å². The summed E-state index contributed by atoms with van der Waals surface area (Å²) in [5.41, 5.74) is 4.90. The first-order valence-electron chi connectivity index (χ1n) is 4.69. The van der Waals surface area contributed by atoms with E-state index in [4.69, 9.17) is 10.1 Å². The molecule has 0 spiro atoms. The largest absolute Gasteiger partial charge is 0.372 e. The van der Waals surface area contributed by atoms with Crippen molar-refractivity contribution < 1.29 is 4.74 Å². The molecule has 0 fully saturated rings. The summed E-state index contributed by atoms with van der Waals surface area (Å²) in [5.74, 6) is 0. The zero-order valence-corrected chi connectivity index (χ0v) is 8.21. The van der Waals surface area contributed by atoms with Crippen molar-refractivity contribution in [1.29, 1.82) is 5.41 Å². The highest BCUT2D eigenvalue weighted by molar-refractivity contribution is 5.83. The number of ether oxygens (including phenoxy) is 1. The lowest BCUT2D eigenvalue weighted by Gasteiger charge is -2.06. The molecule has 2 nitrogen and oxygen atoms in total. The molecular weight excluding hydrogens is 174 g/mol. The van der Waals surface area contributed by atoms with Crippen LogP contribution in [0, 0.1) is 5.41 Å². The summed E-state index contributed by atoms with van der Waals surface area (Å²) in [6.45, 7) is 3.45. The molecule has 2 heteroatoms. The van der Waals surface area contributed by atoms with Crippen molar-refractivity contribution in [3.05, 3.63) is 41.0 Å². The Balaban J connectivity index is 2.49. The van der Waals surface area contributed by atoms with Crippen LogP contribution in [0.2, 0.25) is 0 Å². The quantitative estimate of drug-likeness (QED) is 0.709. The van der Waals surface area contributed by atoms with E-state index in [-0.39, 0.29) is 0 Å². The summed E-state index contributed by atoms with van der Waals surface area (Å²) in [6, 6.07) is 6.23. The van der Waals surface area contributed by atoms with Gasteiger partial charge in [0.15, 0.2) is 0 Å². The van der Waals surface area contributed by atoms with Crippen LogP contribution in [0.15, 0.2) is 24.3 Å². The number of benzene rings is 1. The van der Waals surface area contributed by atoms with Crippen LogP contribution in [-0.2, 0) is 18.0 Å². The molecule has 0 aliphatic carbocycles. The molecule has 0 aromatic heterocycles. The Morgan fingerprint density at radius 1 is 1.43 bits per heavy atom. The molecule has 14 heavy (non-hydrogen) atoms. The van der Waals surface area contributed by atoms with Gasteiger partial charge in [-0.2, -0.15) is 0 Å². The molecule has 2 rings (SSSR count). The van der Waals surface area contributed by atoms with Gasteiger partial charge in [-0.1, -0.05) is 18.2 Å². The van der Waals surface area contributed by atoms with Crippen molar-refractivity contribution in [3.63, 3.8) is 0 Å². The topological polar surface area (TPSA) is 33.1 Å². The van der Waals surface area contributed by atoms with Gasteiger partial charge >= 0.3 is 0 Å². The first-order chi connectivity index (χ1) is 6.83. The molecule has 0 atom stereocenters. The smallest absolute Gasteiger partial charge is 0.0730 e. The molecule has 1 aliphatic rings. The fourth-order valence-corrected chi connectivity index (χ4v) is 1.79. The molecule has 0 unspecified atom stereocenters. The minimum atomic E-state index is 0.703. The van der Waals surface area contributed by atoms with Gasteiger partial charge in [0.2, 0.25) is 0 Å². The summed E-state index contributed by atoms with van der Waals surface area (Å²) >= 11 is 0. The van der Waals surface area contributed by atoms with E-state index in [2.05, 4.69) is 12.1 Å². The van der Waals surface area contributed by atoms with Gasteiger partial charge < -0.3 is 10.1 Å². The van der Waals surface area contributed by atoms with E-state index in [1.54, 1.807) is 0 Å². The van der Waals surface area contributed by atoms with Crippen molar-refractivity contribution >= 4 is 11.8 Å². The number of allylic oxidation sites excluding steroid dienone is 2. The zero-order valence-electron chi connectivity index (χ0n) is 8.21. The first-order valence-corrected chi connectivity index (χ1v) is 4.69. The minimum absolute atomic E-state index is 0.703. The molecule has 0 amide bonds. The lowest BCUT2D eigenvalue weighted by Crippen LogP contribution is -1.90. The Morgan fingerprint density at radius 3 is 3.07 bits per heavy atom. The maximum atomic E-state index is 7.05. The van der Waals surface area contributed by atoms with Gasteiger partial charge in [0.1, 0.15) is 0 Å². The summed E-state index contributed by atoms with van der Waals surface area (Å²) in [6.07, 6.45) is 3.14. The summed E-state index contributed by atoms with van der Waals surface area (Å²) in [4.78, 5) is 0. The van der Waals surface area contributed by atoms with Gasteiger partial charge in [-0.15, -0.1) is 0 Å². The van der Waals surface area contributed by atoms with Gasteiger partial charge in [-0.3, -0.25) is 0 Å². The van der Waals surface area contributed by atoms with Crippen LogP contribution < -0.4 is 0 Å².